The Kier molecular flexibility index (Phi) is 38.1. The van der Waals surface area contributed by atoms with Crippen LogP contribution >= 0.6 is 0 Å². The van der Waals surface area contributed by atoms with Gasteiger partial charge in [-0.15, -0.1) is 32.1 Å². The summed E-state index contributed by atoms with van der Waals surface area (Å²) in [4.78, 5) is 13.7. The molecular weight excluding hydrogens is 1810 g/mol. The number of carbonyl (C=O) groups is 1. The fraction of sp³-hybridized carbons (Fsp3) is 0.147. The molecule has 10 rings (SSSR count). The predicted octanol–water partition coefficient (Wildman–Crippen LogP) is 11.9. The van der Waals surface area contributed by atoms with E-state index in [1.807, 2.05) is 255 Å². The summed E-state index contributed by atoms with van der Waals surface area (Å²) in [6.45, 7) is 18.8. The summed E-state index contributed by atoms with van der Waals surface area (Å²) in [7, 11) is -39.4. The number of esters is 1. The van der Waals surface area contributed by atoms with E-state index >= 15 is 0 Å². The molecule has 22 heteroatoms. The molecule has 10 aromatic carbocycles. The number of carbonyl (C=O) groups excluding carboxylic acids is 1. The number of terminal acetylenes is 5. The lowest BCUT2D eigenvalue weighted by molar-refractivity contribution is -0.139. The molecule has 0 aliphatic carbocycles. The van der Waals surface area contributed by atoms with Crippen LogP contribution in [0.15, 0.2) is 315 Å². The number of rotatable bonds is 40. The number of benzene rings is 10. The van der Waals surface area contributed by atoms with Gasteiger partial charge in [0.1, 0.15) is 0 Å². The molecule has 0 aliphatic heterocycles. The summed E-state index contributed by atoms with van der Waals surface area (Å²) in [6, 6.07) is 103. The molecule has 0 unspecified atom stereocenters. The van der Waals surface area contributed by atoms with Crippen molar-refractivity contribution in [2.45, 2.75) is 94.9 Å². The van der Waals surface area contributed by atoms with E-state index in [0.717, 1.165) is 51.9 Å². The molecule has 0 bridgehead atoms. The van der Waals surface area contributed by atoms with E-state index in [1.54, 1.807) is 6.92 Å². The third-order valence-electron chi connectivity index (χ3n) is 20.6. The van der Waals surface area contributed by atoms with Crippen LogP contribution in [0.1, 0.15) is 13.3 Å². The average molecular weight is 1900 g/mol. The molecule has 0 spiro atoms. The summed E-state index contributed by atoms with van der Waals surface area (Å²) in [5, 5.41) is 8.22. The normalized spacial score (nSPS) is 11.2. The van der Waals surface area contributed by atoms with Crippen molar-refractivity contribution in [2.24, 2.45) is 0 Å². The SMILES string of the molecule is C#CC#CC#C[Si](O[Si]CC[Si](C)(C)O[Si](CCCOC(=O)C(=C)C)(O[Si](C)(C)CC[Si]O[Si](C#CC#CC#C)(c1ccccc1)c1ccccc1)O[Si](C)(C)CC[Si](O[Si](C#CC#CC#C)(c1ccccc1)c1ccccc1)(O[Si](C#CC#CC#C)(c1ccccc1)c1ccccc1)O[Si](C#CC#CC#C)(c1ccccc1)c1ccccc1)(c1ccccc1)c1ccccc1. The van der Waals surface area contributed by atoms with E-state index < -0.39 is 90.1 Å². The van der Waals surface area contributed by atoms with Gasteiger partial charge in [-0.1, -0.05) is 338 Å². The highest BCUT2D eigenvalue weighted by Gasteiger charge is 2.63. The lowest BCUT2D eigenvalue weighted by atomic mass is 10.4. The minimum absolute atomic E-state index is 0.00671. The van der Waals surface area contributed by atoms with Crippen LogP contribution in [0.5, 0.6) is 0 Å². The van der Waals surface area contributed by atoms with Gasteiger partial charge in [0, 0.05) is 17.7 Å². The summed E-state index contributed by atoms with van der Waals surface area (Å²) in [5.74, 6) is 56.2. The predicted molar refractivity (Wildman–Crippen MR) is 560 cm³/mol. The first-order valence-electron chi connectivity index (χ1n) is 42.3. The molecule has 0 saturated carbocycles. The summed E-state index contributed by atoms with van der Waals surface area (Å²) in [6.07, 6.45) is 29.4. The van der Waals surface area contributed by atoms with Crippen molar-refractivity contribution in [3.05, 3.63) is 315 Å². The minimum atomic E-state index is -5.15. The van der Waals surface area contributed by atoms with Crippen LogP contribution in [0.25, 0.3) is 0 Å². The zero-order valence-electron chi connectivity index (χ0n) is 74.4. The van der Waals surface area contributed by atoms with E-state index in [9.17, 15) is 4.79 Å². The van der Waals surface area contributed by atoms with Crippen molar-refractivity contribution >= 4 is 162 Å². The average Bonchev–Trinajstić information content (AvgIpc) is 0.722. The fourth-order valence-electron chi connectivity index (χ4n) is 14.5. The Morgan fingerprint density at radius 2 is 0.481 bits per heavy atom. The summed E-state index contributed by atoms with van der Waals surface area (Å²) in [5.41, 5.74) is 18.7. The molecule has 0 fully saturated rings. The zero-order chi connectivity index (χ0) is 93.1. The van der Waals surface area contributed by atoms with Crippen molar-refractivity contribution in [3.8, 4) is 178 Å². The largest absolute Gasteiger partial charge is 0.472 e. The monoisotopic (exact) mass is 1900 g/mol. The Bertz CT molecular complexity index is 5810. The van der Waals surface area contributed by atoms with Gasteiger partial charge in [-0.2, -0.15) is 0 Å². The van der Waals surface area contributed by atoms with E-state index in [0.29, 0.717) is 24.2 Å². The number of hydrogen-bond donors (Lipinski definition) is 0. The highest BCUT2D eigenvalue weighted by atomic mass is 28.5. The van der Waals surface area contributed by atoms with Gasteiger partial charge in [-0.25, -0.2) is 4.79 Å². The van der Waals surface area contributed by atoms with Crippen LogP contribution in [0.2, 0.25) is 81.6 Å². The van der Waals surface area contributed by atoms with Gasteiger partial charge in [0.05, 0.1) is 6.61 Å². The Balaban J connectivity index is 1.24. The molecule has 0 aliphatic rings. The van der Waals surface area contributed by atoms with Gasteiger partial charge < -0.3 is 37.7 Å². The second-order valence-electron chi connectivity index (χ2n) is 31.6. The third kappa shape index (κ3) is 28.1. The molecular formula is C109H96O10Si12. The van der Waals surface area contributed by atoms with Crippen LogP contribution in [-0.2, 0) is 42.5 Å². The zero-order valence-corrected chi connectivity index (χ0v) is 86.4. The van der Waals surface area contributed by atoms with Gasteiger partial charge >= 0.3 is 65.2 Å². The Labute approximate surface area is 792 Å². The maximum atomic E-state index is 13.7. The van der Waals surface area contributed by atoms with Gasteiger partial charge in [0.15, 0.2) is 25.0 Å². The van der Waals surface area contributed by atoms with E-state index in [2.05, 4.69) is 241 Å². The molecule has 0 atom stereocenters. The van der Waals surface area contributed by atoms with E-state index in [-0.39, 0.29) is 56.3 Å². The second kappa shape index (κ2) is 49.8. The highest BCUT2D eigenvalue weighted by Crippen LogP contribution is 2.39. The van der Waals surface area contributed by atoms with Crippen molar-refractivity contribution in [1.29, 1.82) is 0 Å². The fourth-order valence-corrected chi connectivity index (χ4v) is 66.2. The number of hydrogen-bond acceptors (Lipinski definition) is 10. The Morgan fingerprint density at radius 1 is 0.275 bits per heavy atom. The molecule has 640 valence electrons. The quantitative estimate of drug-likeness (QED) is 0.0121. The van der Waals surface area contributed by atoms with Crippen molar-refractivity contribution in [1.82, 2.24) is 0 Å². The van der Waals surface area contributed by atoms with Crippen molar-refractivity contribution < 1.29 is 42.5 Å². The van der Waals surface area contributed by atoms with Gasteiger partial charge in [0.2, 0.25) is 19.5 Å². The van der Waals surface area contributed by atoms with Gasteiger partial charge in [-0.3, -0.25) is 0 Å². The van der Waals surface area contributed by atoms with Crippen LogP contribution in [0.4, 0.5) is 0 Å². The highest BCUT2D eigenvalue weighted by molar-refractivity contribution is 7.14. The van der Waals surface area contributed by atoms with E-state index in [4.69, 9.17) is 69.8 Å². The maximum Gasteiger partial charge on any atom is 0.472 e. The second-order valence-corrected chi connectivity index (χ2v) is 69.3. The first kappa shape index (κ1) is 100. The lowest BCUT2D eigenvalue weighted by Crippen LogP contribution is -2.76. The minimum Gasteiger partial charge on any atom is -0.462 e. The Hall–Kier alpha value is -12.9. The lowest BCUT2D eigenvalue weighted by Gasteiger charge is -2.48. The van der Waals surface area contributed by atoms with Crippen LogP contribution in [0.3, 0.4) is 0 Å². The molecule has 0 aromatic heterocycles. The van der Waals surface area contributed by atoms with Crippen LogP contribution < -0.4 is 51.9 Å². The van der Waals surface area contributed by atoms with Gasteiger partial charge in [0.25, 0.3) is 0 Å². The summed E-state index contributed by atoms with van der Waals surface area (Å²) < 4.78 is 72.7. The first-order valence-corrected chi connectivity index (χ1v) is 67.3. The standard InChI is InChI=1S/C109H96O10Si12/c1-14-19-24-59-88-125(99-65-39-29-40-66-99,100-67-41-30-42-68-100)112-120-86-94-122(8,9)114-130(93-64-85-111-109(110)98(6)7,115-123(10,11)95-87-121-113-126(89-60-25-20-15-2,101-69-43-31-44-70-101)102-71-45-32-46-72-102)116-124(12,13)96-97-131(117-127(90-61-26-21-16-3,103-73-47-33-48-74-103)104-75-49-34-50-76-104,118-128(91-62-27-22-17-4,105-77-51-35-52-78-105)106-79-53-36-54-80-106)119-129(92-63-28-23-18-5,107-81-55-37-56-82-107)108-83-57-38-58-84-108/h1-5,29-58,65-84H,6,64,85-87,93-97H2,7-13H3. The molecule has 0 amide bonds. The van der Waals surface area contributed by atoms with Crippen LogP contribution in [0, 0.1) is 178 Å². The van der Waals surface area contributed by atoms with E-state index in [1.165, 1.54) is 0 Å². The molecule has 10 aromatic rings. The van der Waals surface area contributed by atoms with Gasteiger partial charge in [-0.05, 0) is 253 Å². The third-order valence-corrected chi connectivity index (χ3v) is 64.4. The van der Waals surface area contributed by atoms with Crippen molar-refractivity contribution in [3.63, 3.8) is 0 Å². The molecule has 4 radical (unpaired) electrons. The molecule has 131 heavy (non-hydrogen) atoms. The molecule has 0 saturated heterocycles. The topological polar surface area (TPSA) is 100 Å². The van der Waals surface area contributed by atoms with Crippen molar-refractivity contribution in [2.75, 3.05) is 6.61 Å². The smallest absolute Gasteiger partial charge is 0.462 e. The molecule has 0 heterocycles. The Morgan fingerprint density at radius 3 is 0.702 bits per heavy atom. The summed E-state index contributed by atoms with van der Waals surface area (Å²) >= 11 is 0. The maximum absolute atomic E-state index is 13.7. The first-order chi connectivity index (χ1) is 63.5. The number of ether oxygens (including phenoxy) is 1. The molecule has 0 N–H and O–H groups in total. The van der Waals surface area contributed by atoms with Crippen LogP contribution in [-0.4, -0.2) is 116 Å². The molecule has 10 nitrogen and oxygen atoms in total.